The standard InChI is InChI=1S/C23H24Cl2N4O2/c1-3-27-10-12-28(13-11-27)23(30)22-15-21(16-4-7-18(31-2)8-5-16)26-29(22)17-6-9-19(24)20(25)14-17/h4-9,14-15H,3,10-13H2,1-2H3. The molecule has 4 rings (SSSR count). The van der Waals surface area contributed by atoms with Crippen molar-refractivity contribution < 1.29 is 9.53 Å². The zero-order valence-corrected chi connectivity index (χ0v) is 19.0. The van der Waals surface area contributed by atoms with Crippen molar-refractivity contribution in [1.82, 2.24) is 19.6 Å². The molecule has 1 aromatic heterocycles. The Morgan fingerprint density at radius 1 is 1.00 bits per heavy atom. The number of hydrogen-bond donors (Lipinski definition) is 0. The van der Waals surface area contributed by atoms with E-state index in [4.69, 9.17) is 33.0 Å². The molecule has 0 N–H and O–H groups in total. The van der Waals surface area contributed by atoms with Gasteiger partial charge >= 0.3 is 0 Å². The molecule has 162 valence electrons. The average molecular weight is 459 g/mol. The quantitative estimate of drug-likeness (QED) is 0.558. The van der Waals surface area contributed by atoms with E-state index in [-0.39, 0.29) is 5.91 Å². The van der Waals surface area contributed by atoms with Gasteiger partial charge in [0, 0.05) is 31.7 Å². The summed E-state index contributed by atoms with van der Waals surface area (Å²) < 4.78 is 6.89. The predicted molar refractivity (Wildman–Crippen MR) is 124 cm³/mol. The van der Waals surface area contributed by atoms with Gasteiger partial charge in [-0.05, 0) is 55.1 Å². The third kappa shape index (κ3) is 4.56. The van der Waals surface area contributed by atoms with Gasteiger partial charge < -0.3 is 14.5 Å². The second-order valence-electron chi connectivity index (χ2n) is 7.38. The van der Waals surface area contributed by atoms with Gasteiger partial charge in [0.05, 0.1) is 28.5 Å². The van der Waals surface area contributed by atoms with E-state index in [1.54, 1.807) is 23.9 Å². The third-order valence-corrected chi connectivity index (χ3v) is 6.31. The minimum Gasteiger partial charge on any atom is -0.497 e. The van der Waals surface area contributed by atoms with Crippen LogP contribution in [-0.2, 0) is 0 Å². The molecule has 0 aliphatic carbocycles. The molecule has 1 aliphatic rings. The fourth-order valence-electron chi connectivity index (χ4n) is 3.68. The highest BCUT2D eigenvalue weighted by Gasteiger charge is 2.26. The summed E-state index contributed by atoms with van der Waals surface area (Å²) >= 11 is 12.3. The summed E-state index contributed by atoms with van der Waals surface area (Å²) in [4.78, 5) is 17.7. The molecule has 0 atom stereocenters. The van der Waals surface area contributed by atoms with Crippen molar-refractivity contribution in [3.63, 3.8) is 0 Å². The number of likely N-dealkylation sites (N-methyl/N-ethyl adjacent to an activating group) is 1. The molecular weight excluding hydrogens is 435 g/mol. The number of carbonyl (C=O) groups excluding carboxylic acids is 1. The molecule has 1 aliphatic heterocycles. The summed E-state index contributed by atoms with van der Waals surface area (Å²) in [6.07, 6.45) is 0. The highest BCUT2D eigenvalue weighted by molar-refractivity contribution is 6.42. The van der Waals surface area contributed by atoms with Gasteiger partial charge in [-0.25, -0.2) is 4.68 Å². The van der Waals surface area contributed by atoms with E-state index < -0.39 is 0 Å². The van der Waals surface area contributed by atoms with Crippen LogP contribution in [0, 0.1) is 0 Å². The zero-order valence-electron chi connectivity index (χ0n) is 17.5. The van der Waals surface area contributed by atoms with Crippen molar-refractivity contribution in [1.29, 1.82) is 0 Å². The van der Waals surface area contributed by atoms with Crippen molar-refractivity contribution in [2.45, 2.75) is 6.92 Å². The maximum atomic E-state index is 13.5. The molecule has 31 heavy (non-hydrogen) atoms. The summed E-state index contributed by atoms with van der Waals surface area (Å²) in [5.41, 5.74) is 2.77. The number of carbonyl (C=O) groups is 1. The molecule has 0 radical (unpaired) electrons. The lowest BCUT2D eigenvalue weighted by Crippen LogP contribution is -2.48. The lowest BCUT2D eigenvalue weighted by molar-refractivity contribution is 0.0634. The molecule has 2 heterocycles. The SMILES string of the molecule is CCN1CCN(C(=O)c2cc(-c3ccc(OC)cc3)nn2-c2ccc(Cl)c(Cl)c2)CC1. The highest BCUT2D eigenvalue weighted by Crippen LogP contribution is 2.28. The Kier molecular flexibility index (Phi) is 6.51. The normalized spacial score (nSPS) is 14.6. The first-order chi connectivity index (χ1) is 15.0. The van der Waals surface area contributed by atoms with Crippen LogP contribution in [0.4, 0.5) is 0 Å². The van der Waals surface area contributed by atoms with Crippen LogP contribution in [0.3, 0.4) is 0 Å². The Morgan fingerprint density at radius 3 is 2.32 bits per heavy atom. The van der Waals surface area contributed by atoms with Gasteiger partial charge in [0.2, 0.25) is 0 Å². The van der Waals surface area contributed by atoms with Crippen LogP contribution in [0.1, 0.15) is 17.4 Å². The monoisotopic (exact) mass is 458 g/mol. The van der Waals surface area contributed by atoms with Crippen molar-refractivity contribution >= 4 is 29.1 Å². The van der Waals surface area contributed by atoms with Crippen molar-refractivity contribution in [2.75, 3.05) is 39.8 Å². The fourth-order valence-corrected chi connectivity index (χ4v) is 3.97. The molecule has 0 saturated carbocycles. The summed E-state index contributed by atoms with van der Waals surface area (Å²) in [5, 5.41) is 5.61. The lowest BCUT2D eigenvalue weighted by atomic mass is 10.1. The second-order valence-corrected chi connectivity index (χ2v) is 8.19. The second kappa shape index (κ2) is 9.30. The Balaban J connectivity index is 1.73. The minimum atomic E-state index is -0.0471. The van der Waals surface area contributed by atoms with Gasteiger partial charge in [-0.1, -0.05) is 30.1 Å². The molecule has 1 fully saturated rings. The maximum absolute atomic E-state index is 13.5. The number of amides is 1. The average Bonchev–Trinajstić information content (AvgIpc) is 3.26. The molecule has 6 nitrogen and oxygen atoms in total. The predicted octanol–water partition coefficient (Wildman–Crippen LogP) is 4.63. The number of benzene rings is 2. The largest absolute Gasteiger partial charge is 0.497 e. The number of rotatable bonds is 5. The number of methoxy groups -OCH3 is 1. The molecular formula is C23H24Cl2N4O2. The Bertz CT molecular complexity index is 1070. The molecule has 2 aromatic carbocycles. The number of aromatic nitrogens is 2. The van der Waals surface area contributed by atoms with Crippen LogP contribution < -0.4 is 4.74 Å². The number of halogens is 2. The first-order valence-electron chi connectivity index (χ1n) is 10.2. The van der Waals surface area contributed by atoms with Crippen LogP contribution >= 0.6 is 23.2 Å². The van der Waals surface area contributed by atoms with Crippen molar-refractivity contribution in [3.05, 3.63) is 64.3 Å². The van der Waals surface area contributed by atoms with Gasteiger partial charge in [-0.15, -0.1) is 0 Å². The first kappa shape index (κ1) is 21.7. The summed E-state index contributed by atoms with van der Waals surface area (Å²) in [6.45, 7) is 6.25. The summed E-state index contributed by atoms with van der Waals surface area (Å²) in [6, 6.07) is 14.7. The number of hydrogen-bond acceptors (Lipinski definition) is 4. The van der Waals surface area contributed by atoms with E-state index in [2.05, 4.69) is 11.8 Å². The van der Waals surface area contributed by atoms with E-state index in [1.807, 2.05) is 41.3 Å². The molecule has 0 spiro atoms. The topological polar surface area (TPSA) is 50.6 Å². The number of ether oxygens (including phenoxy) is 1. The fraction of sp³-hybridized carbons (Fsp3) is 0.304. The molecule has 1 amide bonds. The van der Waals surface area contributed by atoms with Gasteiger partial charge in [-0.3, -0.25) is 4.79 Å². The Morgan fingerprint density at radius 2 is 1.71 bits per heavy atom. The van der Waals surface area contributed by atoms with E-state index in [0.29, 0.717) is 40.2 Å². The van der Waals surface area contributed by atoms with Crippen molar-refractivity contribution in [2.24, 2.45) is 0 Å². The van der Waals surface area contributed by atoms with Crippen LogP contribution in [-0.4, -0.2) is 65.3 Å². The van der Waals surface area contributed by atoms with Crippen LogP contribution in [0.15, 0.2) is 48.5 Å². The lowest BCUT2D eigenvalue weighted by Gasteiger charge is -2.34. The van der Waals surface area contributed by atoms with Gasteiger partial charge in [0.25, 0.3) is 5.91 Å². The minimum absolute atomic E-state index is 0.0471. The molecule has 1 saturated heterocycles. The smallest absolute Gasteiger partial charge is 0.272 e. The molecule has 0 bridgehead atoms. The zero-order chi connectivity index (χ0) is 22.0. The van der Waals surface area contributed by atoms with Gasteiger partial charge in [0.1, 0.15) is 11.4 Å². The van der Waals surface area contributed by atoms with E-state index in [0.717, 1.165) is 30.9 Å². The number of nitrogens with zero attached hydrogens (tertiary/aromatic N) is 4. The van der Waals surface area contributed by atoms with Crippen LogP contribution in [0.25, 0.3) is 16.9 Å². The van der Waals surface area contributed by atoms with E-state index in [1.165, 1.54) is 0 Å². The summed E-state index contributed by atoms with van der Waals surface area (Å²) in [7, 11) is 1.63. The van der Waals surface area contributed by atoms with Crippen molar-refractivity contribution in [3.8, 4) is 22.7 Å². The van der Waals surface area contributed by atoms with Crippen LogP contribution in [0.2, 0.25) is 10.0 Å². The molecule has 8 heteroatoms. The van der Waals surface area contributed by atoms with E-state index in [9.17, 15) is 4.79 Å². The maximum Gasteiger partial charge on any atom is 0.272 e. The number of piperazine rings is 1. The molecule has 0 unspecified atom stereocenters. The highest BCUT2D eigenvalue weighted by atomic mass is 35.5. The Labute approximate surface area is 191 Å². The molecule has 3 aromatic rings. The Hall–Kier alpha value is -2.54. The van der Waals surface area contributed by atoms with Gasteiger partial charge in [-0.2, -0.15) is 5.10 Å². The van der Waals surface area contributed by atoms with E-state index >= 15 is 0 Å². The van der Waals surface area contributed by atoms with Crippen LogP contribution in [0.5, 0.6) is 5.75 Å². The third-order valence-electron chi connectivity index (χ3n) is 5.57. The summed E-state index contributed by atoms with van der Waals surface area (Å²) in [5.74, 6) is 0.715. The van der Waals surface area contributed by atoms with Gasteiger partial charge in [0.15, 0.2) is 0 Å². The first-order valence-corrected chi connectivity index (χ1v) is 11.0.